The number of amidine groups is 1. The van der Waals surface area contributed by atoms with E-state index in [1.54, 1.807) is 23.9 Å². The quantitative estimate of drug-likeness (QED) is 0.658. The Morgan fingerprint density at radius 3 is 2.80 bits per heavy atom. The number of hydrogen-bond acceptors (Lipinski definition) is 5. The molecule has 1 aliphatic rings. The van der Waals surface area contributed by atoms with E-state index >= 15 is 0 Å². The fourth-order valence-electron chi connectivity index (χ4n) is 3.49. The highest BCUT2D eigenvalue weighted by atomic mass is 35.5. The van der Waals surface area contributed by atoms with Gasteiger partial charge in [0.15, 0.2) is 11.7 Å². The average Bonchev–Trinajstić information content (AvgIpc) is 3.17. The molecule has 1 amide bonds. The van der Waals surface area contributed by atoms with Crippen LogP contribution < -0.4 is 11.1 Å². The summed E-state index contributed by atoms with van der Waals surface area (Å²) < 4.78 is 29.3. The van der Waals surface area contributed by atoms with Crippen LogP contribution in [-0.2, 0) is 12.1 Å². The van der Waals surface area contributed by atoms with Crippen LogP contribution in [0, 0.1) is 0 Å². The number of amides is 1. The number of hydrogen-bond donors (Lipinski definition) is 2. The van der Waals surface area contributed by atoms with Crippen LogP contribution >= 0.6 is 11.6 Å². The number of nitrogens with two attached hydrogens (primary N) is 1. The summed E-state index contributed by atoms with van der Waals surface area (Å²) in [7, 11) is 0. The third-order valence-corrected chi connectivity index (χ3v) is 5.10. The van der Waals surface area contributed by atoms with Gasteiger partial charge in [0.2, 0.25) is 0 Å². The summed E-state index contributed by atoms with van der Waals surface area (Å²) in [5.74, 6) is 0.161. The number of halogens is 3. The van der Waals surface area contributed by atoms with Gasteiger partial charge >= 0.3 is 0 Å². The summed E-state index contributed by atoms with van der Waals surface area (Å²) in [5, 5.41) is 3.08. The molecule has 1 unspecified atom stereocenters. The van der Waals surface area contributed by atoms with Crippen molar-refractivity contribution >= 4 is 29.0 Å². The van der Waals surface area contributed by atoms with Crippen molar-refractivity contribution in [1.82, 2.24) is 14.5 Å². The van der Waals surface area contributed by atoms with Crippen LogP contribution in [0.4, 0.5) is 14.5 Å². The second-order valence-corrected chi connectivity index (χ2v) is 7.50. The van der Waals surface area contributed by atoms with E-state index in [9.17, 15) is 13.6 Å². The lowest BCUT2D eigenvalue weighted by molar-refractivity contribution is 0.102. The molecule has 0 spiro atoms. The average molecular weight is 431 g/mol. The molecular formula is C20H17ClF2N6O. The topological polar surface area (TPSA) is 98.2 Å². The van der Waals surface area contributed by atoms with Crippen molar-refractivity contribution in [1.29, 1.82) is 0 Å². The first-order valence-electron chi connectivity index (χ1n) is 8.99. The highest BCUT2D eigenvalue weighted by Gasteiger charge is 2.36. The van der Waals surface area contributed by atoms with Gasteiger partial charge in [0, 0.05) is 29.8 Å². The highest BCUT2D eigenvalue weighted by molar-refractivity contribution is 6.30. The lowest BCUT2D eigenvalue weighted by Crippen LogP contribution is -2.37. The molecule has 0 saturated heterocycles. The zero-order valence-electron chi connectivity index (χ0n) is 15.8. The van der Waals surface area contributed by atoms with Crippen molar-refractivity contribution in [2.75, 3.05) is 5.32 Å². The smallest absolute Gasteiger partial charge is 0.274 e. The monoisotopic (exact) mass is 430 g/mol. The number of carbonyl (C=O) groups excluding carboxylic acids is 1. The van der Waals surface area contributed by atoms with E-state index in [1.165, 1.54) is 36.5 Å². The third kappa shape index (κ3) is 3.63. The molecule has 3 aromatic rings. The van der Waals surface area contributed by atoms with Gasteiger partial charge in [0.05, 0.1) is 11.6 Å². The fraction of sp³-hybridized carbons (Fsp3) is 0.200. The molecule has 0 radical (unpaired) electrons. The van der Waals surface area contributed by atoms with Gasteiger partial charge in [-0.15, -0.1) is 0 Å². The van der Waals surface area contributed by atoms with Crippen molar-refractivity contribution in [3.63, 3.8) is 0 Å². The first kappa shape index (κ1) is 20.0. The lowest BCUT2D eigenvalue weighted by Gasteiger charge is -2.33. The molecule has 1 atom stereocenters. The number of nitrogens with one attached hydrogen (secondary N) is 1. The van der Waals surface area contributed by atoms with Gasteiger partial charge in [-0.25, -0.2) is 18.7 Å². The van der Waals surface area contributed by atoms with E-state index in [4.69, 9.17) is 17.3 Å². The first-order valence-corrected chi connectivity index (χ1v) is 9.37. The van der Waals surface area contributed by atoms with Crippen molar-refractivity contribution in [2.24, 2.45) is 10.7 Å². The summed E-state index contributed by atoms with van der Waals surface area (Å²) in [6.45, 7) is 2.00. The number of aliphatic imine (C=N–C) groups is 1. The van der Waals surface area contributed by atoms with Crippen LogP contribution in [-0.4, -0.2) is 26.3 Å². The van der Waals surface area contributed by atoms with Crippen LogP contribution in [0.5, 0.6) is 0 Å². The molecule has 1 aliphatic heterocycles. The Hall–Kier alpha value is -3.33. The van der Waals surface area contributed by atoms with Crippen LogP contribution in [0.1, 0.15) is 40.8 Å². The molecule has 10 heteroatoms. The Balaban J connectivity index is 1.71. The highest BCUT2D eigenvalue weighted by Crippen LogP contribution is 2.38. The van der Waals surface area contributed by atoms with Gasteiger partial charge in [0.1, 0.15) is 11.2 Å². The normalized spacial score (nSPS) is 18.1. The molecule has 3 N–H and O–H groups in total. The summed E-state index contributed by atoms with van der Waals surface area (Å²) in [6, 6.07) is 7.21. The number of anilines is 1. The third-order valence-electron chi connectivity index (χ3n) is 4.88. The molecule has 0 fully saturated rings. The van der Waals surface area contributed by atoms with Crippen LogP contribution in [0.2, 0.25) is 5.02 Å². The molecule has 0 saturated carbocycles. The summed E-state index contributed by atoms with van der Waals surface area (Å²) in [6.07, 6.45) is 1.92. The van der Waals surface area contributed by atoms with Crippen LogP contribution in [0.25, 0.3) is 0 Å². The second-order valence-electron chi connectivity index (χ2n) is 7.07. The van der Waals surface area contributed by atoms with Crippen molar-refractivity contribution in [2.45, 2.75) is 25.4 Å². The number of alkyl halides is 2. The number of nitrogens with zero attached hydrogens (tertiary/aromatic N) is 4. The van der Waals surface area contributed by atoms with Gasteiger partial charge in [-0.1, -0.05) is 17.7 Å². The minimum Gasteiger partial charge on any atom is -0.381 e. The van der Waals surface area contributed by atoms with E-state index in [2.05, 4.69) is 20.3 Å². The SMILES string of the molecule is CC1(c2cc(NC(=O)c3ccc(Cl)cn3)ccc2C(F)F)Cn2ccnc2C(N)=N1. The van der Waals surface area contributed by atoms with Crippen LogP contribution in [0.15, 0.2) is 53.9 Å². The number of fused-ring (bicyclic) bond motifs is 1. The van der Waals surface area contributed by atoms with Crippen LogP contribution in [0.3, 0.4) is 0 Å². The van der Waals surface area contributed by atoms with E-state index in [-0.39, 0.29) is 29.2 Å². The maximum Gasteiger partial charge on any atom is 0.274 e. The van der Waals surface area contributed by atoms with E-state index in [1.807, 2.05) is 0 Å². The second kappa shape index (κ2) is 7.49. The van der Waals surface area contributed by atoms with E-state index in [0.29, 0.717) is 16.5 Å². The zero-order chi connectivity index (χ0) is 21.5. The van der Waals surface area contributed by atoms with Gasteiger partial charge in [-0.2, -0.15) is 0 Å². The molecule has 0 bridgehead atoms. The fourth-order valence-corrected chi connectivity index (χ4v) is 3.61. The number of benzene rings is 1. The Morgan fingerprint density at radius 1 is 1.30 bits per heavy atom. The molecule has 154 valence electrons. The first-order chi connectivity index (χ1) is 14.3. The largest absolute Gasteiger partial charge is 0.381 e. The zero-order valence-corrected chi connectivity index (χ0v) is 16.6. The molecule has 2 aromatic heterocycles. The molecule has 0 aliphatic carbocycles. The maximum atomic E-state index is 13.8. The molecule has 1 aromatic carbocycles. The molecule has 7 nitrogen and oxygen atoms in total. The molecule has 30 heavy (non-hydrogen) atoms. The van der Waals surface area contributed by atoms with Crippen molar-refractivity contribution in [3.8, 4) is 0 Å². The Kier molecular flexibility index (Phi) is 4.98. The molecule has 4 rings (SSSR count). The summed E-state index contributed by atoms with van der Waals surface area (Å²) >= 11 is 5.79. The number of pyridine rings is 1. The maximum absolute atomic E-state index is 13.8. The lowest BCUT2D eigenvalue weighted by atomic mass is 9.87. The number of imidazole rings is 1. The summed E-state index contributed by atoms with van der Waals surface area (Å²) in [5.41, 5.74) is 5.53. The van der Waals surface area contributed by atoms with Gasteiger partial charge < -0.3 is 15.6 Å². The van der Waals surface area contributed by atoms with Gasteiger partial charge in [0.25, 0.3) is 12.3 Å². The van der Waals surface area contributed by atoms with Crippen molar-refractivity contribution in [3.05, 3.63) is 76.6 Å². The molecular weight excluding hydrogens is 414 g/mol. The van der Waals surface area contributed by atoms with Crippen molar-refractivity contribution < 1.29 is 13.6 Å². The van der Waals surface area contributed by atoms with E-state index < -0.39 is 17.9 Å². The minimum absolute atomic E-state index is 0.146. The van der Waals surface area contributed by atoms with E-state index in [0.717, 1.165) is 0 Å². The Morgan fingerprint density at radius 2 is 2.10 bits per heavy atom. The Labute approximate surface area is 175 Å². The number of aromatic nitrogens is 3. The molecule has 3 heterocycles. The Bertz CT molecular complexity index is 1140. The standard InChI is InChI=1S/C20H17ClF2N6O/c1-20(10-29-7-6-25-18(29)17(24)28-20)14-8-12(3-4-13(14)16(22)23)27-19(30)15-5-2-11(21)9-26-15/h2-9,16H,10H2,1H3,(H2,24,28)(H,27,30). The number of carbonyl (C=O) groups is 1. The van der Waals surface area contributed by atoms with Gasteiger partial charge in [-0.05, 0) is 36.8 Å². The summed E-state index contributed by atoms with van der Waals surface area (Å²) in [4.78, 5) is 25.0. The minimum atomic E-state index is -2.72. The number of rotatable bonds is 4. The predicted molar refractivity (Wildman–Crippen MR) is 109 cm³/mol. The van der Waals surface area contributed by atoms with Gasteiger partial charge in [-0.3, -0.25) is 9.79 Å². The predicted octanol–water partition coefficient (Wildman–Crippen LogP) is 3.76.